The number of amides is 1. The van der Waals surface area contributed by atoms with Gasteiger partial charge in [-0.05, 0) is 12.1 Å². The molecule has 0 heterocycles. The van der Waals surface area contributed by atoms with Gasteiger partial charge < -0.3 is 14.9 Å². The van der Waals surface area contributed by atoms with Gasteiger partial charge in [0.15, 0.2) is 5.75 Å². The van der Waals surface area contributed by atoms with Crippen LogP contribution in [0.5, 0.6) is 5.75 Å². The van der Waals surface area contributed by atoms with Crippen molar-refractivity contribution >= 4 is 27.9 Å². The molecule has 0 bridgehead atoms. The van der Waals surface area contributed by atoms with Crippen LogP contribution >= 0.6 is 0 Å². The zero-order chi connectivity index (χ0) is 16.2. The quantitative estimate of drug-likeness (QED) is 0.358. The van der Waals surface area contributed by atoms with Gasteiger partial charge >= 0.3 is 12.1 Å². The Kier molecular flexibility index (Phi) is 4.89. The molecule has 1 aromatic carbocycles. The Hall–Kier alpha value is -2.59. The van der Waals surface area contributed by atoms with E-state index in [1.165, 1.54) is 6.08 Å². The van der Waals surface area contributed by atoms with Gasteiger partial charge in [-0.15, -0.1) is 0 Å². The molecule has 0 atom stereocenters. The number of carboxylic acid groups (broad SMARTS) is 1. The fraction of sp³-hybridized carbons (Fsp3) is 0.0909. The summed E-state index contributed by atoms with van der Waals surface area (Å²) in [5.74, 6) is -2.54. The minimum atomic E-state index is -4.73. The molecule has 0 aliphatic heterocycles. The lowest BCUT2D eigenvalue weighted by atomic mass is 10.1. The first-order valence-electron chi connectivity index (χ1n) is 5.29. The van der Waals surface area contributed by atoms with Crippen molar-refractivity contribution in [1.82, 2.24) is 0 Å². The Balaban J connectivity index is 3.30. The lowest BCUT2D eigenvalue weighted by Crippen LogP contribution is -2.15. The minimum absolute atomic E-state index is 0.156. The van der Waals surface area contributed by atoms with E-state index in [1.807, 2.05) is 5.32 Å². The third-order valence-electron chi connectivity index (χ3n) is 2.18. The number of aromatic hydroxyl groups is 1. The van der Waals surface area contributed by atoms with E-state index in [1.54, 1.807) is 0 Å². The highest BCUT2D eigenvalue weighted by atomic mass is 32.2. The van der Waals surface area contributed by atoms with Crippen molar-refractivity contribution in [2.24, 2.45) is 0 Å². The molecule has 10 heteroatoms. The molecule has 0 spiro atoms. The maximum atomic E-state index is 11.3. The van der Waals surface area contributed by atoms with Crippen LogP contribution in [-0.4, -0.2) is 41.9 Å². The molecule has 114 valence electrons. The summed E-state index contributed by atoms with van der Waals surface area (Å²) < 4.78 is 35.6. The number of carbonyl (C=O) groups excluding carboxylic acids is 1. The van der Waals surface area contributed by atoms with Gasteiger partial charge in [-0.1, -0.05) is 12.7 Å². The van der Waals surface area contributed by atoms with Gasteiger partial charge in [-0.3, -0.25) is 9.87 Å². The number of hydrogen-bond acceptors (Lipinski definition) is 6. The Morgan fingerprint density at radius 2 is 2.00 bits per heavy atom. The molecule has 0 saturated carbocycles. The van der Waals surface area contributed by atoms with Crippen LogP contribution in [0.15, 0.2) is 29.7 Å². The molecule has 1 aromatic rings. The molecule has 4 N–H and O–H groups in total. The van der Waals surface area contributed by atoms with Gasteiger partial charge in [0.05, 0.1) is 10.6 Å². The van der Waals surface area contributed by atoms with Crippen LogP contribution in [-0.2, 0) is 14.9 Å². The summed E-state index contributed by atoms with van der Waals surface area (Å²) in [6, 6.07) is 1.24. The van der Waals surface area contributed by atoms with Gasteiger partial charge in [0, 0.05) is 0 Å². The van der Waals surface area contributed by atoms with Crippen molar-refractivity contribution in [3.05, 3.63) is 30.4 Å². The second-order valence-electron chi connectivity index (χ2n) is 3.66. The Morgan fingerprint density at radius 3 is 2.48 bits per heavy atom. The van der Waals surface area contributed by atoms with Crippen molar-refractivity contribution in [2.75, 3.05) is 11.9 Å². The van der Waals surface area contributed by atoms with Crippen LogP contribution in [0.4, 0.5) is 10.5 Å². The molecule has 0 aromatic heterocycles. The molecule has 9 nitrogen and oxygen atoms in total. The maximum Gasteiger partial charge on any atom is 0.412 e. The number of ether oxygens (including phenoxy) is 1. The first-order valence-corrected chi connectivity index (χ1v) is 6.73. The zero-order valence-corrected chi connectivity index (χ0v) is 11.3. The highest BCUT2D eigenvalue weighted by molar-refractivity contribution is 7.85. The van der Waals surface area contributed by atoms with Crippen molar-refractivity contribution in [1.29, 1.82) is 0 Å². The molecule has 1 rings (SSSR count). The molecular formula is C11H11NO8S. The van der Waals surface area contributed by atoms with Crippen LogP contribution in [0, 0.1) is 0 Å². The molecular weight excluding hydrogens is 306 g/mol. The number of anilines is 1. The van der Waals surface area contributed by atoms with E-state index in [-0.39, 0.29) is 6.61 Å². The fourth-order valence-corrected chi connectivity index (χ4v) is 1.83. The van der Waals surface area contributed by atoms with E-state index in [0.717, 1.165) is 0 Å². The Bertz CT molecular complexity index is 694. The molecule has 0 unspecified atom stereocenters. The maximum absolute atomic E-state index is 11.3. The molecule has 0 aliphatic rings. The first kappa shape index (κ1) is 16.5. The summed E-state index contributed by atoms with van der Waals surface area (Å²) in [6.07, 6.45) is 0.186. The van der Waals surface area contributed by atoms with Gasteiger partial charge in [0.2, 0.25) is 0 Å². The number of rotatable bonds is 5. The number of benzene rings is 1. The third kappa shape index (κ3) is 4.19. The smallest absolute Gasteiger partial charge is 0.412 e. The summed E-state index contributed by atoms with van der Waals surface area (Å²) in [6.45, 7) is 3.14. The zero-order valence-electron chi connectivity index (χ0n) is 10.4. The topological polar surface area (TPSA) is 150 Å². The summed E-state index contributed by atoms with van der Waals surface area (Å²) in [7, 11) is -4.73. The largest absolute Gasteiger partial charge is 0.505 e. The average Bonchev–Trinajstić information content (AvgIpc) is 2.37. The predicted octanol–water partition coefficient (Wildman–Crippen LogP) is 1.07. The van der Waals surface area contributed by atoms with Gasteiger partial charge in [0.1, 0.15) is 12.2 Å². The lowest BCUT2D eigenvalue weighted by Gasteiger charge is -2.11. The Morgan fingerprint density at radius 1 is 1.38 bits per heavy atom. The third-order valence-corrected chi connectivity index (χ3v) is 3.01. The van der Waals surface area contributed by atoms with Crippen molar-refractivity contribution in [2.45, 2.75) is 4.90 Å². The van der Waals surface area contributed by atoms with Crippen molar-refractivity contribution in [3.8, 4) is 5.75 Å². The van der Waals surface area contributed by atoms with Crippen molar-refractivity contribution in [3.63, 3.8) is 0 Å². The number of aromatic carboxylic acids is 1. The highest BCUT2D eigenvalue weighted by Gasteiger charge is 2.22. The number of carboxylic acids is 1. The van der Waals surface area contributed by atoms with Crippen LogP contribution in [0.2, 0.25) is 0 Å². The lowest BCUT2D eigenvalue weighted by molar-refractivity contribution is 0.0693. The second kappa shape index (κ2) is 6.24. The summed E-state index contributed by atoms with van der Waals surface area (Å²) >= 11 is 0. The molecule has 21 heavy (non-hydrogen) atoms. The van der Waals surface area contributed by atoms with Crippen molar-refractivity contribution < 1.29 is 37.5 Å². The number of phenols is 1. The number of nitrogens with one attached hydrogen (secondary N) is 1. The van der Waals surface area contributed by atoms with E-state index in [9.17, 15) is 23.1 Å². The summed E-state index contributed by atoms with van der Waals surface area (Å²) in [5.41, 5.74) is -1.36. The average molecular weight is 317 g/mol. The number of carbonyl (C=O) groups is 2. The predicted molar refractivity (Wildman–Crippen MR) is 70.0 cm³/mol. The number of hydrogen-bond donors (Lipinski definition) is 4. The van der Waals surface area contributed by atoms with Crippen LogP contribution < -0.4 is 5.32 Å². The summed E-state index contributed by atoms with van der Waals surface area (Å²) in [4.78, 5) is 21.4. The van der Waals surface area contributed by atoms with Crippen LogP contribution in [0.1, 0.15) is 10.4 Å². The van der Waals surface area contributed by atoms with E-state index in [4.69, 9.17) is 9.66 Å². The van der Waals surface area contributed by atoms with E-state index in [0.29, 0.717) is 12.1 Å². The molecule has 0 radical (unpaired) electrons. The summed E-state index contributed by atoms with van der Waals surface area (Å²) in [5, 5.41) is 20.5. The minimum Gasteiger partial charge on any atom is -0.505 e. The highest BCUT2D eigenvalue weighted by Crippen LogP contribution is 2.31. The molecule has 0 saturated heterocycles. The molecule has 0 aliphatic carbocycles. The van der Waals surface area contributed by atoms with Crippen LogP contribution in [0.3, 0.4) is 0 Å². The normalized spacial score (nSPS) is 10.7. The van der Waals surface area contributed by atoms with Crippen LogP contribution in [0.25, 0.3) is 0 Å². The van der Waals surface area contributed by atoms with E-state index < -0.39 is 44.1 Å². The van der Waals surface area contributed by atoms with Gasteiger partial charge in [-0.2, -0.15) is 8.42 Å². The molecule has 0 fully saturated rings. The first-order chi connectivity index (χ1) is 9.66. The standard InChI is InChI=1S/C11H11NO8S/c1-2-3-20-11(16)12-8-5-6(21(17,18)19)4-7(9(8)13)10(14)15/h2,4-5,13H,1,3H2,(H,12,16)(H,14,15)(H,17,18,19). The monoisotopic (exact) mass is 317 g/mol. The SMILES string of the molecule is C=CCOC(=O)Nc1cc(S(=O)(=O)O)cc(C(=O)O)c1O. The molecule has 1 amide bonds. The van der Waals surface area contributed by atoms with Gasteiger partial charge in [0.25, 0.3) is 10.1 Å². The van der Waals surface area contributed by atoms with Gasteiger partial charge in [-0.25, -0.2) is 9.59 Å². The fourth-order valence-electron chi connectivity index (χ4n) is 1.30. The van der Waals surface area contributed by atoms with E-state index in [2.05, 4.69) is 11.3 Å². The second-order valence-corrected chi connectivity index (χ2v) is 5.08. The van der Waals surface area contributed by atoms with E-state index >= 15 is 0 Å². The Labute approximate surface area is 119 Å².